The maximum absolute atomic E-state index is 14.0. The van der Waals surface area contributed by atoms with Crippen LogP contribution in [0.2, 0.25) is 0 Å². The molecule has 2 amide bonds. The van der Waals surface area contributed by atoms with E-state index in [4.69, 9.17) is 9.47 Å². The average Bonchev–Trinajstić information content (AvgIpc) is 3.44. The van der Waals surface area contributed by atoms with Crippen LogP contribution in [-0.4, -0.2) is 48.4 Å². The standard InChI is InChI=1S/C29H34N2O4S/c1-34-25-16-9-17-26(35-2)28(25)29(33)31(23-13-7-4-8-14-23)21-27(32)30(20-24-15-10-18-36-24)19-22-11-5-3-6-12-22/h3,5-6,9-12,15-18,23H,4,7-8,13-14,19-21H2,1-2H3. The molecule has 1 aromatic heterocycles. The van der Waals surface area contributed by atoms with E-state index in [-0.39, 0.29) is 24.4 Å². The largest absolute Gasteiger partial charge is 0.496 e. The van der Waals surface area contributed by atoms with Gasteiger partial charge in [0.25, 0.3) is 5.91 Å². The second-order valence-electron chi connectivity index (χ2n) is 9.08. The molecule has 3 aromatic rings. The minimum Gasteiger partial charge on any atom is -0.496 e. The highest BCUT2D eigenvalue weighted by Crippen LogP contribution is 2.32. The van der Waals surface area contributed by atoms with Crippen LogP contribution in [0, 0.1) is 0 Å². The summed E-state index contributed by atoms with van der Waals surface area (Å²) in [6, 6.07) is 19.3. The van der Waals surface area contributed by atoms with Gasteiger partial charge in [0, 0.05) is 17.5 Å². The summed E-state index contributed by atoms with van der Waals surface area (Å²) in [5.74, 6) is 0.611. The van der Waals surface area contributed by atoms with E-state index in [1.54, 1.807) is 48.7 Å². The minimum atomic E-state index is -0.222. The lowest BCUT2D eigenvalue weighted by atomic mass is 9.93. The lowest BCUT2D eigenvalue weighted by Gasteiger charge is -2.36. The number of hydrogen-bond donors (Lipinski definition) is 0. The molecule has 1 aliphatic carbocycles. The summed E-state index contributed by atoms with van der Waals surface area (Å²) in [4.78, 5) is 32.6. The van der Waals surface area contributed by atoms with Gasteiger partial charge in [-0.25, -0.2) is 0 Å². The fourth-order valence-corrected chi connectivity index (χ4v) is 5.56. The first kappa shape index (κ1) is 25.8. The first-order chi connectivity index (χ1) is 17.6. The third-order valence-corrected chi connectivity index (χ3v) is 7.58. The molecule has 1 aliphatic rings. The van der Waals surface area contributed by atoms with Gasteiger partial charge in [-0.2, -0.15) is 0 Å². The van der Waals surface area contributed by atoms with Crippen LogP contribution >= 0.6 is 11.3 Å². The van der Waals surface area contributed by atoms with Crippen LogP contribution in [0.15, 0.2) is 66.0 Å². The topological polar surface area (TPSA) is 59.1 Å². The summed E-state index contributed by atoms with van der Waals surface area (Å²) in [7, 11) is 3.09. The van der Waals surface area contributed by atoms with Crippen LogP contribution < -0.4 is 9.47 Å². The summed E-state index contributed by atoms with van der Waals surface area (Å²) >= 11 is 1.63. The van der Waals surface area contributed by atoms with Gasteiger partial charge in [0.15, 0.2) is 0 Å². The molecule has 190 valence electrons. The highest BCUT2D eigenvalue weighted by atomic mass is 32.1. The Morgan fingerprint density at radius 1 is 0.861 bits per heavy atom. The van der Waals surface area contributed by atoms with Crippen molar-refractivity contribution >= 4 is 23.2 Å². The summed E-state index contributed by atoms with van der Waals surface area (Å²) in [6.45, 7) is 1.02. The van der Waals surface area contributed by atoms with Crippen molar-refractivity contribution in [1.82, 2.24) is 9.80 Å². The predicted molar refractivity (Wildman–Crippen MR) is 142 cm³/mol. The molecule has 2 aromatic carbocycles. The number of carbonyl (C=O) groups excluding carboxylic acids is 2. The number of ether oxygens (including phenoxy) is 2. The van der Waals surface area contributed by atoms with Crippen molar-refractivity contribution in [2.45, 2.75) is 51.2 Å². The Hall–Kier alpha value is -3.32. The molecule has 1 saturated carbocycles. The van der Waals surface area contributed by atoms with Crippen LogP contribution in [0.1, 0.15) is 52.9 Å². The lowest BCUT2D eigenvalue weighted by Crippen LogP contribution is -2.48. The van der Waals surface area contributed by atoms with E-state index < -0.39 is 0 Å². The predicted octanol–water partition coefficient (Wildman–Crippen LogP) is 5.77. The van der Waals surface area contributed by atoms with Crippen molar-refractivity contribution < 1.29 is 19.1 Å². The number of methoxy groups -OCH3 is 2. The Balaban J connectivity index is 1.64. The molecule has 0 bridgehead atoms. The maximum atomic E-state index is 14.0. The van der Waals surface area contributed by atoms with E-state index >= 15 is 0 Å². The van der Waals surface area contributed by atoms with Crippen LogP contribution in [0.3, 0.4) is 0 Å². The minimum absolute atomic E-state index is 0.00475. The SMILES string of the molecule is COc1cccc(OC)c1C(=O)N(CC(=O)N(Cc1ccccc1)Cc1cccs1)C1CCCCC1. The second kappa shape index (κ2) is 12.6. The van der Waals surface area contributed by atoms with E-state index in [1.807, 2.05) is 52.7 Å². The summed E-state index contributed by atoms with van der Waals surface area (Å²) in [6.07, 6.45) is 5.03. The van der Waals surface area contributed by atoms with Gasteiger partial charge in [0.2, 0.25) is 5.91 Å². The quantitative estimate of drug-likeness (QED) is 0.350. The van der Waals surface area contributed by atoms with E-state index in [0.29, 0.717) is 30.2 Å². The first-order valence-electron chi connectivity index (χ1n) is 12.5. The molecule has 0 unspecified atom stereocenters. The zero-order valence-corrected chi connectivity index (χ0v) is 21.8. The van der Waals surface area contributed by atoms with Crippen molar-refractivity contribution in [2.75, 3.05) is 20.8 Å². The Labute approximate surface area is 217 Å². The summed E-state index contributed by atoms with van der Waals surface area (Å²) < 4.78 is 11.1. The van der Waals surface area contributed by atoms with E-state index in [0.717, 1.165) is 42.5 Å². The number of amides is 2. The Morgan fingerprint density at radius 3 is 2.17 bits per heavy atom. The van der Waals surface area contributed by atoms with Crippen molar-refractivity contribution in [3.8, 4) is 11.5 Å². The van der Waals surface area contributed by atoms with E-state index in [2.05, 4.69) is 0 Å². The first-order valence-corrected chi connectivity index (χ1v) is 13.3. The molecule has 1 fully saturated rings. The fourth-order valence-electron chi connectivity index (χ4n) is 4.84. The molecular formula is C29H34N2O4S. The normalized spacial score (nSPS) is 13.7. The highest BCUT2D eigenvalue weighted by Gasteiger charge is 2.33. The lowest BCUT2D eigenvalue weighted by molar-refractivity contribution is -0.133. The fraction of sp³-hybridized carbons (Fsp3) is 0.379. The zero-order chi connectivity index (χ0) is 25.3. The van der Waals surface area contributed by atoms with Crippen molar-refractivity contribution in [3.63, 3.8) is 0 Å². The van der Waals surface area contributed by atoms with Gasteiger partial charge in [-0.3, -0.25) is 9.59 Å². The number of carbonyl (C=O) groups is 2. The molecule has 0 aliphatic heterocycles. The van der Waals surface area contributed by atoms with Crippen molar-refractivity contribution in [3.05, 3.63) is 82.0 Å². The van der Waals surface area contributed by atoms with Crippen molar-refractivity contribution in [1.29, 1.82) is 0 Å². The average molecular weight is 507 g/mol. The van der Waals surface area contributed by atoms with Crippen LogP contribution in [0.4, 0.5) is 0 Å². The molecular weight excluding hydrogens is 472 g/mol. The molecule has 0 atom stereocenters. The van der Waals surface area contributed by atoms with Crippen molar-refractivity contribution in [2.24, 2.45) is 0 Å². The number of nitrogens with zero attached hydrogens (tertiary/aromatic N) is 2. The summed E-state index contributed by atoms with van der Waals surface area (Å²) in [5.41, 5.74) is 1.43. The van der Waals surface area contributed by atoms with Crippen LogP contribution in [0.25, 0.3) is 0 Å². The van der Waals surface area contributed by atoms with E-state index in [9.17, 15) is 9.59 Å². The Kier molecular flexibility index (Phi) is 9.01. The molecule has 0 spiro atoms. The van der Waals surface area contributed by atoms with Gasteiger partial charge in [-0.05, 0) is 42.0 Å². The molecule has 4 rings (SSSR count). The third-order valence-electron chi connectivity index (χ3n) is 6.72. The van der Waals surface area contributed by atoms with Gasteiger partial charge in [-0.1, -0.05) is 61.7 Å². The monoisotopic (exact) mass is 506 g/mol. The highest BCUT2D eigenvalue weighted by molar-refractivity contribution is 7.09. The number of hydrogen-bond acceptors (Lipinski definition) is 5. The van der Waals surface area contributed by atoms with E-state index in [1.165, 1.54) is 0 Å². The molecule has 1 heterocycles. The molecule has 0 radical (unpaired) electrons. The van der Waals surface area contributed by atoms with Gasteiger partial charge in [0.1, 0.15) is 23.6 Å². The molecule has 7 heteroatoms. The Bertz CT molecular complexity index is 1110. The molecule has 36 heavy (non-hydrogen) atoms. The molecule has 0 N–H and O–H groups in total. The molecule has 0 saturated heterocycles. The van der Waals surface area contributed by atoms with Crippen LogP contribution in [-0.2, 0) is 17.9 Å². The van der Waals surface area contributed by atoms with Gasteiger partial charge >= 0.3 is 0 Å². The van der Waals surface area contributed by atoms with Gasteiger partial charge in [-0.15, -0.1) is 11.3 Å². The number of thiophene rings is 1. The smallest absolute Gasteiger partial charge is 0.262 e. The Morgan fingerprint density at radius 2 is 1.56 bits per heavy atom. The van der Waals surface area contributed by atoms with Gasteiger partial charge in [0.05, 0.1) is 20.8 Å². The second-order valence-corrected chi connectivity index (χ2v) is 10.1. The zero-order valence-electron chi connectivity index (χ0n) is 21.0. The number of rotatable bonds is 10. The number of benzene rings is 2. The molecule has 6 nitrogen and oxygen atoms in total. The van der Waals surface area contributed by atoms with Crippen LogP contribution in [0.5, 0.6) is 11.5 Å². The maximum Gasteiger partial charge on any atom is 0.262 e. The summed E-state index contributed by atoms with van der Waals surface area (Å²) in [5, 5.41) is 2.02. The third kappa shape index (κ3) is 6.26. The van der Waals surface area contributed by atoms with Gasteiger partial charge < -0.3 is 19.3 Å².